The summed E-state index contributed by atoms with van der Waals surface area (Å²) in [5, 5.41) is 4.25. The quantitative estimate of drug-likeness (QED) is 0.425. The smallest absolute Gasteiger partial charge is 0.281 e. The number of aryl methyl sites for hydroxylation is 1. The summed E-state index contributed by atoms with van der Waals surface area (Å²) < 4.78 is 1.04. The average Bonchev–Trinajstić information content (AvgIpc) is 3.34. The van der Waals surface area contributed by atoms with E-state index >= 15 is 0 Å². The van der Waals surface area contributed by atoms with Crippen molar-refractivity contribution >= 4 is 49.8 Å². The molecule has 0 aliphatic rings. The van der Waals surface area contributed by atoms with E-state index in [0.717, 1.165) is 10.2 Å². The minimum absolute atomic E-state index is 0.0129. The van der Waals surface area contributed by atoms with Gasteiger partial charge in [-0.2, -0.15) is 0 Å². The van der Waals surface area contributed by atoms with Crippen LogP contribution >= 0.6 is 22.7 Å². The summed E-state index contributed by atoms with van der Waals surface area (Å²) in [4.78, 5) is 37.9. The topological polar surface area (TPSA) is 109 Å². The van der Waals surface area contributed by atoms with E-state index in [9.17, 15) is 9.59 Å². The van der Waals surface area contributed by atoms with Crippen LogP contribution in [0.5, 0.6) is 0 Å². The summed E-state index contributed by atoms with van der Waals surface area (Å²) in [7, 11) is 0. The molecule has 2 amide bonds. The van der Waals surface area contributed by atoms with Gasteiger partial charge in [0.2, 0.25) is 0 Å². The molecule has 3 heterocycles. The lowest BCUT2D eigenvalue weighted by atomic mass is 10.3. The van der Waals surface area contributed by atoms with Gasteiger partial charge in [-0.15, -0.1) is 11.3 Å². The number of rotatable bonds is 5. The van der Waals surface area contributed by atoms with Crippen molar-refractivity contribution in [1.82, 2.24) is 25.8 Å². The molecule has 0 spiro atoms. The van der Waals surface area contributed by atoms with E-state index in [2.05, 4.69) is 31.1 Å². The number of hydrogen-bond donors (Lipinski definition) is 3. The number of carbonyl (C=O) groups excluding carboxylic acids is 2. The molecule has 4 aromatic rings. The Morgan fingerprint density at radius 1 is 1.00 bits per heavy atom. The first kappa shape index (κ1) is 19.0. The van der Waals surface area contributed by atoms with E-state index in [4.69, 9.17) is 0 Å². The Balaban J connectivity index is 1.32. The zero-order chi connectivity index (χ0) is 20.2. The highest BCUT2D eigenvalue weighted by molar-refractivity contribution is 7.22. The molecule has 0 aliphatic carbocycles. The Kier molecular flexibility index (Phi) is 5.45. The van der Waals surface area contributed by atoms with Gasteiger partial charge in [0.05, 0.1) is 28.1 Å². The van der Waals surface area contributed by atoms with Crippen molar-refractivity contribution in [3.05, 3.63) is 59.2 Å². The first-order valence-corrected chi connectivity index (χ1v) is 10.3. The van der Waals surface area contributed by atoms with E-state index in [1.165, 1.54) is 22.7 Å². The summed E-state index contributed by atoms with van der Waals surface area (Å²) in [6.07, 6.45) is 1.67. The van der Waals surface area contributed by atoms with Crippen molar-refractivity contribution in [2.75, 3.05) is 11.9 Å². The largest absolute Gasteiger partial charge is 0.352 e. The third-order valence-electron chi connectivity index (χ3n) is 3.90. The van der Waals surface area contributed by atoms with Crippen LogP contribution in [0, 0.1) is 6.92 Å². The number of hydrogen-bond acceptors (Lipinski definition) is 8. The number of nitrogens with zero attached hydrogens (tertiary/aromatic N) is 3. The molecule has 10 heteroatoms. The Bertz CT molecular complexity index is 1140. The number of fused-ring (bicyclic) bond motifs is 1. The minimum Gasteiger partial charge on any atom is -0.352 e. The van der Waals surface area contributed by atoms with Crippen LogP contribution in [-0.4, -0.2) is 33.3 Å². The first-order chi connectivity index (χ1) is 14.1. The molecule has 3 N–H and O–H groups in total. The number of amides is 2. The van der Waals surface area contributed by atoms with Crippen molar-refractivity contribution in [2.24, 2.45) is 0 Å². The SMILES string of the molecule is Cc1nc(-c2ccccn2)sc1C(=O)NNC(=O)CNc1nc2ccccc2s1. The lowest BCUT2D eigenvalue weighted by molar-refractivity contribution is -0.120. The molecule has 0 atom stereocenters. The second-order valence-corrected chi connectivity index (χ2v) is 8.02. The molecule has 1 aromatic carbocycles. The summed E-state index contributed by atoms with van der Waals surface area (Å²) in [6, 6.07) is 13.2. The molecular formula is C19H16N6O2S2. The van der Waals surface area contributed by atoms with Crippen LogP contribution in [0.2, 0.25) is 0 Å². The lowest BCUT2D eigenvalue weighted by Crippen LogP contribution is -2.44. The molecule has 0 unspecified atom stereocenters. The maximum atomic E-state index is 12.4. The fourth-order valence-corrected chi connectivity index (χ4v) is 4.34. The van der Waals surface area contributed by atoms with E-state index in [-0.39, 0.29) is 12.5 Å². The molecule has 146 valence electrons. The standard InChI is InChI=1S/C19H16N6O2S2/c1-11-16(29-18(22-11)13-7-4-5-9-20-13)17(27)25-24-15(26)10-21-19-23-12-6-2-3-8-14(12)28-19/h2-9H,10H2,1H3,(H,21,23)(H,24,26)(H,25,27). The molecule has 0 saturated carbocycles. The summed E-state index contributed by atoms with van der Waals surface area (Å²) in [5.41, 5.74) is 6.97. The Morgan fingerprint density at radius 3 is 2.62 bits per heavy atom. The lowest BCUT2D eigenvalue weighted by Gasteiger charge is -2.06. The van der Waals surface area contributed by atoms with Crippen LogP contribution < -0.4 is 16.2 Å². The van der Waals surface area contributed by atoms with Gasteiger partial charge in [-0.25, -0.2) is 9.97 Å². The number of aromatic nitrogens is 3. The van der Waals surface area contributed by atoms with Crippen molar-refractivity contribution in [2.45, 2.75) is 6.92 Å². The van der Waals surface area contributed by atoms with E-state index in [1.54, 1.807) is 13.1 Å². The normalized spacial score (nSPS) is 10.7. The van der Waals surface area contributed by atoms with Crippen molar-refractivity contribution in [3.63, 3.8) is 0 Å². The second kappa shape index (κ2) is 8.33. The fourth-order valence-electron chi connectivity index (χ4n) is 2.54. The van der Waals surface area contributed by atoms with Crippen molar-refractivity contribution in [1.29, 1.82) is 0 Å². The van der Waals surface area contributed by atoms with E-state index in [0.29, 0.717) is 26.4 Å². The highest BCUT2D eigenvalue weighted by Gasteiger charge is 2.17. The van der Waals surface area contributed by atoms with Crippen molar-refractivity contribution in [3.8, 4) is 10.7 Å². The monoisotopic (exact) mass is 424 g/mol. The maximum absolute atomic E-state index is 12.4. The van der Waals surface area contributed by atoms with Gasteiger partial charge in [0.25, 0.3) is 11.8 Å². The predicted octanol–water partition coefficient (Wildman–Crippen LogP) is 3.00. The zero-order valence-corrected chi connectivity index (χ0v) is 16.9. The molecule has 3 aromatic heterocycles. The Labute approximate surface area is 174 Å². The number of carbonyl (C=O) groups is 2. The molecule has 0 aliphatic heterocycles. The molecule has 0 saturated heterocycles. The van der Waals surface area contributed by atoms with Crippen molar-refractivity contribution < 1.29 is 9.59 Å². The van der Waals surface area contributed by atoms with Crippen LogP contribution in [-0.2, 0) is 4.79 Å². The van der Waals surface area contributed by atoms with Crippen LogP contribution in [0.15, 0.2) is 48.7 Å². The number of hydrazine groups is 1. The van der Waals surface area contributed by atoms with Gasteiger partial charge in [0.15, 0.2) is 5.13 Å². The molecule has 0 fully saturated rings. The minimum atomic E-state index is -0.421. The summed E-state index contributed by atoms with van der Waals surface area (Å²) in [5.74, 6) is -0.805. The van der Waals surface area contributed by atoms with Crippen LogP contribution in [0.1, 0.15) is 15.4 Å². The summed E-state index contributed by atoms with van der Waals surface area (Å²) >= 11 is 2.69. The number of pyridine rings is 1. The van der Waals surface area contributed by atoms with E-state index in [1.807, 2.05) is 42.5 Å². The highest BCUT2D eigenvalue weighted by atomic mass is 32.1. The molecule has 0 bridgehead atoms. The molecule has 0 radical (unpaired) electrons. The van der Waals surface area contributed by atoms with Gasteiger partial charge >= 0.3 is 0 Å². The number of para-hydroxylation sites is 1. The van der Waals surface area contributed by atoms with Gasteiger partial charge in [-0.05, 0) is 31.2 Å². The molecule has 8 nitrogen and oxygen atoms in total. The molecule has 29 heavy (non-hydrogen) atoms. The highest BCUT2D eigenvalue weighted by Crippen LogP contribution is 2.26. The van der Waals surface area contributed by atoms with Gasteiger partial charge in [-0.3, -0.25) is 25.4 Å². The Hall–Kier alpha value is -3.37. The van der Waals surface area contributed by atoms with Gasteiger partial charge in [0.1, 0.15) is 9.88 Å². The van der Waals surface area contributed by atoms with Gasteiger partial charge in [-0.1, -0.05) is 29.5 Å². The summed E-state index contributed by atoms with van der Waals surface area (Å²) in [6.45, 7) is 1.73. The Morgan fingerprint density at radius 2 is 1.83 bits per heavy atom. The fraction of sp³-hybridized carbons (Fsp3) is 0.105. The number of benzene rings is 1. The van der Waals surface area contributed by atoms with Crippen LogP contribution in [0.3, 0.4) is 0 Å². The van der Waals surface area contributed by atoms with Gasteiger partial charge in [0, 0.05) is 6.20 Å². The van der Waals surface area contributed by atoms with E-state index < -0.39 is 5.91 Å². The third-order valence-corrected chi connectivity index (χ3v) is 6.07. The molecular weight excluding hydrogens is 408 g/mol. The average molecular weight is 425 g/mol. The molecule has 4 rings (SSSR count). The van der Waals surface area contributed by atoms with Gasteiger partial charge < -0.3 is 5.32 Å². The maximum Gasteiger partial charge on any atom is 0.281 e. The third kappa shape index (κ3) is 4.39. The second-order valence-electron chi connectivity index (χ2n) is 5.99. The van der Waals surface area contributed by atoms with Crippen LogP contribution in [0.25, 0.3) is 20.9 Å². The zero-order valence-electron chi connectivity index (χ0n) is 15.3. The number of nitrogens with one attached hydrogen (secondary N) is 3. The first-order valence-electron chi connectivity index (χ1n) is 8.67. The number of anilines is 1. The van der Waals surface area contributed by atoms with Crippen LogP contribution in [0.4, 0.5) is 5.13 Å². The predicted molar refractivity (Wildman–Crippen MR) is 114 cm³/mol. The number of thiazole rings is 2.